The summed E-state index contributed by atoms with van der Waals surface area (Å²) in [6.45, 7) is 8.66. The molecule has 0 saturated heterocycles. The SMILES string of the molecule is Cc1nc(-c2ccccc2NC(C)CCC(C)C)n[nH]1. The molecule has 1 unspecified atom stereocenters. The quantitative estimate of drug-likeness (QED) is 0.835. The first kappa shape index (κ1) is 14.6. The fraction of sp³-hybridized carbons (Fsp3) is 0.500. The molecule has 0 spiro atoms. The van der Waals surface area contributed by atoms with Gasteiger partial charge in [-0.15, -0.1) is 0 Å². The summed E-state index contributed by atoms with van der Waals surface area (Å²) in [5, 5.41) is 10.7. The van der Waals surface area contributed by atoms with Gasteiger partial charge in [0.05, 0.1) is 0 Å². The summed E-state index contributed by atoms with van der Waals surface area (Å²) >= 11 is 0. The minimum atomic E-state index is 0.443. The van der Waals surface area contributed by atoms with Gasteiger partial charge in [-0.1, -0.05) is 26.0 Å². The average molecular weight is 272 g/mol. The van der Waals surface area contributed by atoms with Crippen molar-refractivity contribution in [2.24, 2.45) is 5.92 Å². The Hall–Kier alpha value is -1.84. The van der Waals surface area contributed by atoms with Crippen molar-refractivity contribution < 1.29 is 0 Å². The first-order chi connectivity index (χ1) is 9.56. The number of aryl methyl sites for hydroxylation is 1. The van der Waals surface area contributed by atoms with Crippen molar-refractivity contribution in [1.29, 1.82) is 0 Å². The van der Waals surface area contributed by atoms with E-state index in [1.54, 1.807) is 0 Å². The Morgan fingerprint density at radius 3 is 2.55 bits per heavy atom. The molecular formula is C16H24N4. The van der Waals surface area contributed by atoms with Gasteiger partial charge >= 0.3 is 0 Å². The van der Waals surface area contributed by atoms with Crippen molar-refractivity contribution in [2.45, 2.75) is 46.6 Å². The number of anilines is 1. The van der Waals surface area contributed by atoms with Gasteiger partial charge in [-0.25, -0.2) is 4.98 Å². The second kappa shape index (κ2) is 6.55. The van der Waals surface area contributed by atoms with Gasteiger partial charge in [0.15, 0.2) is 5.82 Å². The van der Waals surface area contributed by atoms with Gasteiger partial charge in [0.2, 0.25) is 0 Å². The molecule has 1 aromatic carbocycles. The van der Waals surface area contributed by atoms with Crippen LogP contribution >= 0.6 is 0 Å². The van der Waals surface area contributed by atoms with Crippen molar-refractivity contribution in [1.82, 2.24) is 15.2 Å². The Kier molecular flexibility index (Phi) is 4.77. The van der Waals surface area contributed by atoms with E-state index in [9.17, 15) is 0 Å². The predicted molar refractivity (Wildman–Crippen MR) is 83.7 cm³/mol. The van der Waals surface area contributed by atoms with Gasteiger partial charge < -0.3 is 5.32 Å². The molecular weight excluding hydrogens is 248 g/mol. The standard InChI is InChI=1S/C16H24N4/c1-11(2)9-10-12(3)17-15-8-6-5-7-14(15)16-18-13(4)19-20-16/h5-8,11-12,17H,9-10H2,1-4H3,(H,18,19,20). The third-order valence-corrected chi connectivity index (χ3v) is 3.34. The van der Waals surface area contributed by atoms with Crippen LogP contribution in [0.4, 0.5) is 5.69 Å². The van der Waals surface area contributed by atoms with E-state index in [2.05, 4.69) is 53.4 Å². The Labute approximate surface area is 121 Å². The second-order valence-electron chi connectivity index (χ2n) is 5.81. The lowest BCUT2D eigenvalue weighted by molar-refractivity contribution is 0.528. The normalized spacial score (nSPS) is 12.7. The van der Waals surface area contributed by atoms with Gasteiger partial charge in [-0.3, -0.25) is 5.10 Å². The number of aromatic amines is 1. The monoisotopic (exact) mass is 272 g/mol. The minimum absolute atomic E-state index is 0.443. The lowest BCUT2D eigenvalue weighted by atomic mass is 10.0. The highest BCUT2D eigenvalue weighted by Crippen LogP contribution is 2.26. The summed E-state index contributed by atoms with van der Waals surface area (Å²) in [4.78, 5) is 4.42. The van der Waals surface area contributed by atoms with Crippen LogP contribution in [-0.4, -0.2) is 21.2 Å². The molecule has 1 aromatic heterocycles. The third kappa shape index (κ3) is 3.83. The zero-order chi connectivity index (χ0) is 14.5. The number of hydrogen-bond acceptors (Lipinski definition) is 3. The van der Waals surface area contributed by atoms with Gasteiger partial charge in [-0.2, -0.15) is 5.10 Å². The van der Waals surface area contributed by atoms with Crippen LogP contribution in [0, 0.1) is 12.8 Å². The maximum Gasteiger partial charge on any atom is 0.183 e. The molecule has 0 saturated carbocycles. The van der Waals surface area contributed by atoms with Gasteiger partial charge in [0.25, 0.3) is 0 Å². The maximum absolute atomic E-state index is 4.42. The Morgan fingerprint density at radius 2 is 1.90 bits per heavy atom. The molecule has 0 aliphatic carbocycles. The number of para-hydroxylation sites is 1. The van der Waals surface area contributed by atoms with E-state index in [0.717, 1.165) is 28.8 Å². The summed E-state index contributed by atoms with van der Waals surface area (Å²) in [6.07, 6.45) is 2.40. The van der Waals surface area contributed by atoms with Crippen LogP contribution in [0.3, 0.4) is 0 Å². The van der Waals surface area contributed by atoms with E-state index in [-0.39, 0.29) is 0 Å². The van der Waals surface area contributed by atoms with Crippen LogP contribution in [0.15, 0.2) is 24.3 Å². The molecule has 4 nitrogen and oxygen atoms in total. The van der Waals surface area contributed by atoms with Gasteiger partial charge in [0, 0.05) is 17.3 Å². The van der Waals surface area contributed by atoms with Crippen molar-refractivity contribution in [3.8, 4) is 11.4 Å². The average Bonchev–Trinajstić information content (AvgIpc) is 2.83. The molecule has 1 atom stereocenters. The van der Waals surface area contributed by atoms with Gasteiger partial charge in [-0.05, 0) is 44.7 Å². The highest BCUT2D eigenvalue weighted by molar-refractivity contribution is 5.73. The lowest BCUT2D eigenvalue weighted by Gasteiger charge is -2.18. The number of rotatable bonds is 6. The first-order valence-corrected chi connectivity index (χ1v) is 7.31. The van der Waals surface area contributed by atoms with Crippen LogP contribution in [0.25, 0.3) is 11.4 Å². The maximum atomic E-state index is 4.42. The number of aromatic nitrogens is 3. The Balaban J connectivity index is 2.12. The summed E-state index contributed by atoms with van der Waals surface area (Å²) in [6, 6.07) is 8.65. The largest absolute Gasteiger partial charge is 0.382 e. The fourth-order valence-electron chi connectivity index (χ4n) is 2.19. The number of nitrogens with one attached hydrogen (secondary N) is 2. The molecule has 0 aliphatic heterocycles. The van der Waals surface area contributed by atoms with Gasteiger partial charge in [0.1, 0.15) is 5.82 Å². The first-order valence-electron chi connectivity index (χ1n) is 7.31. The van der Waals surface area contributed by atoms with E-state index in [4.69, 9.17) is 0 Å². The molecule has 1 heterocycles. The molecule has 0 amide bonds. The molecule has 0 aliphatic rings. The van der Waals surface area contributed by atoms with Crippen LogP contribution in [-0.2, 0) is 0 Å². The fourth-order valence-corrected chi connectivity index (χ4v) is 2.19. The number of benzene rings is 1. The Morgan fingerprint density at radius 1 is 1.15 bits per heavy atom. The third-order valence-electron chi connectivity index (χ3n) is 3.34. The molecule has 2 rings (SSSR count). The topological polar surface area (TPSA) is 53.6 Å². The number of H-pyrrole nitrogens is 1. The molecule has 108 valence electrons. The van der Waals surface area contributed by atoms with Crippen molar-refractivity contribution in [2.75, 3.05) is 5.32 Å². The smallest absolute Gasteiger partial charge is 0.183 e. The van der Waals surface area contributed by atoms with Crippen molar-refractivity contribution >= 4 is 5.69 Å². The minimum Gasteiger partial charge on any atom is -0.382 e. The number of hydrogen-bond donors (Lipinski definition) is 2. The van der Waals surface area contributed by atoms with Crippen molar-refractivity contribution in [3.05, 3.63) is 30.1 Å². The van der Waals surface area contributed by atoms with E-state index < -0.39 is 0 Å². The second-order valence-corrected chi connectivity index (χ2v) is 5.81. The van der Waals surface area contributed by atoms with E-state index in [0.29, 0.717) is 6.04 Å². The van der Waals surface area contributed by atoms with Crippen LogP contribution < -0.4 is 5.32 Å². The number of nitrogens with zero attached hydrogens (tertiary/aromatic N) is 2. The molecule has 4 heteroatoms. The summed E-state index contributed by atoms with van der Waals surface area (Å²) in [5.41, 5.74) is 2.15. The van der Waals surface area contributed by atoms with E-state index in [1.165, 1.54) is 12.8 Å². The molecule has 2 N–H and O–H groups in total. The van der Waals surface area contributed by atoms with Crippen LogP contribution in [0.5, 0.6) is 0 Å². The summed E-state index contributed by atoms with van der Waals surface area (Å²) in [5.74, 6) is 2.33. The Bertz CT molecular complexity index is 545. The van der Waals surface area contributed by atoms with E-state index in [1.807, 2.05) is 19.1 Å². The molecule has 20 heavy (non-hydrogen) atoms. The highest BCUT2D eigenvalue weighted by atomic mass is 15.2. The highest BCUT2D eigenvalue weighted by Gasteiger charge is 2.11. The molecule has 0 radical (unpaired) electrons. The van der Waals surface area contributed by atoms with E-state index >= 15 is 0 Å². The molecule has 0 bridgehead atoms. The predicted octanol–water partition coefficient (Wildman–Crippen LogP) is 4.02. The summed E-state index contributed by atoms with van der Waals surface area (Å²) in [7, 11) is 0. The van der Waals surface area contributed by atoms with Crippen LogP contribution in [0.2, 0.25) is 0 Å². The zero-order valence-electron chi connectivity index (χ0n) is 12.8. The molecule has 2 aromatic rings. The zero-order valence-corrected chi connectivity index (χ0v) is 12.8. The molecule has 0 fully saturated rings. The summed E-state index contributed by atoms with van der Waals surface area (Å²) < 4.78 is 0. The lowest BCUT2D eigenvalue weighted by Crippen LogP contribution is -2.16. The van der Waals surface area contributed by atoms with Crippen molar-refractivity contribution in [3.63, 3.8) is 0 Å². The van der Waals surface area contributed by atoms with Crippen LogP contribution in [0.1, 0.15) is 39.4 Å².